The van der Waals surface area contributed by atoms with Crippen LogP contribution in [0.1, 0.15) is 96.8 Å². The van der Waals surface area contributed by atoms with Crippen molar-refractivity contribution in [2.75, 3.05) is 19.8 Å². The molecule has 4 atom stereocenters. The van der Waals surface area contributed by atoms with E-state index in [4.69, 9.17) is 9.47 Å². The number of hydrogen-bond donors (Lipinski definition) is 3. The molecule has 1 saturated heterocycles. The molecule has 0 spiro atoms. The Labute approximate surface area is 178 Å². The van der Waals surface area contributed by atoms with Crippen molar-refractivity contribution in [3.05, 3.63) is 12.2 Å². The van der Waals surface area contributed by atoms with Gasteiger partial charge >= 0.3 is 0 Å². The number of hydrogen-bond acceptors (Lipinski definition) is 5. The van der Waals surface area contributed by atoms with Gasteiger partial charge in [0.1, 0.15) is 24.4 Å². The molecule has 0 aliphatic carbocycles. The highest BCUT2D eigenvalue weighted by atomic mass is 16.6. The highest BCUT2D eigenvalue weighted by Gasteiger charge is 2.40. The minimum absolute atomic E-state index is 0.0995. The van der Waals surface area contributed by atoms with Crippen molar-refractivity contribution < 1.29 is 24.8 Å². The summed E-state index contributed by atoms with van der Waals surface area (Å²) in [5.74, 6) is 0. The predicted octanol–water partition coefficient (Wildman–Crippen LogP) is 4.52. The minimum Gasteiger partial charge on any atom is -0.394 e. The van der Waals surface area contributed by atoms with Crippen LogP contribution in [0.15, 0.2) is 12.2 Å². The molecule has 0 saturated carbocycles. The quantitative estimate of drug-likeness (QED) is 0.214. The molecule has 0 amide bonds. The molecular formula is C24H46O5. The molecule has 0 bridgehead atoms. The van der Waals surface area contributed by atoms with Crippen molar-refractivity contribution in [1.82, 2.24) is 0 Å². The molecule has 1 aliphatic heterocycles. The molecular weight excluding hydrogens is 368 g/mol. The van der Waals surface area contributed by atoms with Gasteiger partial charge in [0.05, 0.1) is 13.2 Å². The van der Waals surface area contributed by atoms with Crippen molar-refractivity contribution in [1.29, 1.82) is 0 Å². The van der Waals surface area contributed by atoms with Crippen molar-refractivity contribution >= 4 is 0 Å². The van der Waals surface area contributed by atoms with E-state index in [1.165, 1.54) is 70.6 Å². The third-order valence-electron chi connectivity index (χ3n) is 5.74. The van der Waals surface area contributed by atoms with Gasteiger partial charge in [-0.1, -0.05) is 83.3 Å². The summed E-state index contributed by atoms with van der Waals surface area (Å²) in [6, 6.07) is 0. The van der Waals surface area contributed by atoms with Crippen LogP contribution >= 0.6 is 0 Å². The number of rotatable bonds is 19. The molecule has 0 aromatic carbocycles. The fourth-order valence-electron chi connectivity index (χ4n) is 3.86. The van der Waals surface area contributed by atoms with Crippen LogP contribution in [-0.2, 0) is 9.47 Å². The lowest BCUT2D eigenvalue weighted by molar-refractivity contribution is -0.101. The van der Waals surface area contributed by atoms with Gasteiger partial charge in [-0.2, -0.15) is 0 Å². The van der Waals surface area contributed by atoms with E-state index in [2.05, 4.69) is 19.1 Å². The zero-order chi connectivity index (χ0) is 21.2. The summed E-state index contributed by atoms with van der Waals surface area (Å²) in [7, 11) is 0. The Bertz CT molecular complexity index is 387. The first-order chi connectivity index (χ1) is 14.2. The second-order valence-corrected chi connectivity index (χ2v) is 8.36. The van der Waals surface area contributed by atoms with Crippen molar-refractivity contribution in [2.24, 2.45) is 0 Å². The Balaban J connectivity index is 1.82. The standard InChI is InChI=1S/C24H46O5/c1-2-3-4-5-6-7-8-9-10-11-12-13-14-15-16-17-18-28-22(19-25)24-23(27)21(26)20-29-24/h3-4,21-27H,2,5-20H2,1H3/b4-3+/t21-,22+,23-,24-/m1/s1. The molecule has 5 nitrogen and oxygen atoms in total. The topological polar surface area (TPSA) is 79.2 Å². The van der Waals surface area contributed by atoms with E-state index in [0.29, 0.717) is 6.61 Å². The van der Waals surface area contributed by atoms with Gasteiger partial charge in [0, 0.05) is 6.61 Å². The van der Waals surface area contributed by atoms with Gasteiger partial charge in [-0.05, 0) is 25.7 Å². The Morgan fingerprint density at radius 2 is 1.41 bits per heavy atom. The van der Waals surface area contributed by atoms with E-state index in [1.807, 2.05) is 0 Å². The van der Waals surface area contributed by atoms with Crippen LogP contribution < -0.4 is 0 Å². The van der Waals surface area contributed by atoms with Gasteiger partial charge in [-0.25, -0.2) is 0 Å². The van der Waals surface area contributed by atoms with Gasteiger partial charge in [0.15, 0.2) is 0 Å². The van der Waals surface area contributed by atoms with E-state index >= 15 is 0 Å². The van der Waals surface area contributed by atoms with E-state index in [-0.39, 0.29) is 13.2 Å². The maximum atomic E-state index is 9.83. The highest BCUT2D eigenvalue weighted by Crippen LogP contribution is 2.20. The minimum atomic E-state index is -0.977. The van der Waals surface area contributed by atoms with Crippen LogP contribution in [0, 0.1) is 0 Å². The maximum absolute atomic E-state index is 9.83. The van der Waals surface area contributed by atoms with Crippen LogP contribution in [0.25, 0.3) is 0 Å². The van der Waals surface area contributed by atoms with E-state index < -0.39 is 24.4 Å². The molecule has 5 heteroatoms. The summed E-state index contributed by atoms with van der Waals surface area (Å²) in [4.78, 5) is 0. The van der Waals surface area contributed by atoms with Gasteiger partial charge in [0.25, 0.3) is 0 Å². The number of allylic oxidation sites excluding steroid dienone is 2. The lowest BCUT2D eigenvalue weighted by atomic mass is 10.0. The SMILES string of the molecule is CC/C=C/CCCCCCCCCCCCCCO[C@@H](CO)[C@H]1OC[C@@H](O)[C@H]1O. The monoisotopic (exact) mass is 414 g/mol. The molecule has 1 fully saturated rings. The lowest BCUT2D eigenvalue weighted by Crippen LogP contribution is -2.42. The Hall–Kier alpha value is -0.460. The summed E-state index contributed by atoms with van der Waals surface area (Å²) < 4.78 is 11.0. The molecule has 1 rings (SSSR count). The van der Waals surface area contributed by atoms with E-state index in [0.717, 1.165) is 19.3 Å². The number of aliphatic hydroxyl groups excluding tert-OH is 3. The Morgan fingerprint density at radius 1 is 0.862 bits per heavy atom. The maximum Gasteiger partial charge on any atom is 0.114 e. The highest BCUT2D eigenvalue weighted by molar-refractivity contribution is 4.88. The number of ether oxygens (including phenoxy) is 2. The van der Waals surface area contributed by atoms with Crippen molar-refractivity contribution in [3.8, 4) is 0 Å². The average molecular weight is 415 g/mol. The van der Waals surface area contributed by atoms with Gasteiger partial charge in [0.2, 0.25) is 0 Å². The first-order valence-corrected chi connectivity index (χ1v) is 12.1. The first-order valence-electron chi connectivity index (χ1n) is 12.1. The summed E-state index contributed by atoms with van der Waals surface area (Å²) in [6.45, 7) is 2.64. The Kier molecular flexibility index (Phi) is 16.8. The van der Waals surface area contributed by atoms with Gasteiger partial charge in [-0.15, -0.1) is 0 Å². The summed E-state index contributed by atoms with van der Waals surface area (Å²) in [5, 5.41) is 28.8. The third-order valence-corrected chi connectivity index (χ3v) is 5.74. The normalized spacial score (nSPS) is 23.2. The molecule has 1 heterocycles. The largest absolute Gasteiger partial charge is 0.394 e. The smallest absolute Gasteiger partial charge is 0.114 e. The molecule has 3 N–H and O–H groups in total. The second kappa shape index (κ2) is 18.3. The van der Waals surface area contributed by atoms with E-state index in [9.17, 15) is 15.3 Å². The van der Waals surface area contributed by atoms with Crippen molar-refractivity contribution in [2.45, 2.75) is 121 Å². The molecule has 29 heavy (non-hydrogen) atoms. The predicted molar refractivity (Wildman–Crippen MR) is 118 cm³/mol. The van der Waals surface area contributed by atoms with Crippen LogP contribution in [0.3, 0.4) is 0 Å². The first kappa shape index (κ1) is 26.6. The molecule has 0 aromatic rings. The van der Waals surface area contributed by atoms with Crippen LogP contribution in [0.4, 0.5) is 0 Å². The molecule has 172 valence electrons. The fourth-order valence-corrected chi connectivity index (χ4v) is 3.86. The molecule has 0 unspecified atom stereocenters. The van der Waals surface area contributed by atoms with Gasteiger partial charge < -0.3 is 24.8 Å². The number of unbranched alkanes of at least 4 members (excludes halogenated alkanes) is 12. The van der Waals surface area contributed by atoms with Gasteiger partial charge in [-0.3, -0.25) is 0 Å². The summed E-state index contributed by atoms with van der Waals surface area (Å²) in [5.41, 5.74) is 0. The zero-order valence-electron chi connectivity index (χ0n) is 18.6. The van der Waals surface area contributed by atoms with Crippen LogP contribution in [0.5, 0.6) is 0 Å². The lowest BCUT2D eigenvalue weighted by Gasteiger charge is -2.24. The van der Waals surface area contributed by atoms with Crippen LogP contribution in [-0.4, -0.2) is 59.6 Å². The molecule has 0 radical (unpaired) electrons. The average Bonchev–Trinajstić information content (AvgIpc) is 3.06. The summed E-state index contributed by atoms with van der Waals surface area (Å²) >= 11 is 0. The number of aliphatic hydroxyl groups is 3. The van der Waals surface area contributed by atoms with E-state index in [1.54, 1.807) is 0 Å². The van der Waals surface area contributed by atoms with Crippen LogP contribution in [0.2, 0.25) is 0 Å². The second-order valence-electron chi connectivity index (χ2n) is 8.36. The van der Waals surface area contributed by atoms with Crippen molar-refractivity contribution in [3.63, 3.8) is 0 Å². The Morgan fingerprint density at radius 3 is 1.90 bits per heavy atom. The third kappa shape index (κ3) is 12.7. The fraction of sp³-hybridized carbons (Fsp3) is 0.917. The zero-order valence-corrected chi connectivity index (χ0v) is 18.6. The molecule has 0 aromatic heterocycles. The summed E-state index contributed by atoms with van der Waals surface area (Å²) in [6.07, 6.45) is 19.4. The molecule has 1 aliphatic rings.